The van der Waals surface area contributed by atoms with Crippen LogP contribution < -0.4 is 11.3 Å². The van der Waals surface area contributed by atoms with Crippen LogP contribution in [0.4, 0.5) is 5.82 Å². The van der Waals surface area contributed by atoms with Gasteiger partial charge in [-0.3, -0.25) is 0 Å². The molecule has 48 valence electrons. The maximum absolute atomic E-state index is 5.06. The predicted molar refractivity (Wildman–Crippen MR) is 36.5 cm³/mol. The highest BCUT2D eigenvalue weighted by Gasteiger charge is 1.90. The van der Waals surface area contributed by atoms with Crippen LogP contribution in [0.2, 0.25) is 0 Å². The lowest BCUT2D eigenvalue weighted by molar-refractivity contribution is 1.24. The van der Waals surface area contributed by atoms with E-state index >= 15 is 0 Å². The Bertz CT molecular complexity index is 202. The third kappa shape index (κ3) is 1.09. The summed E-state index contributed by atoms with van der Waals surface area (Å²) in [6.45, 7) is 3.52. The number of nitrogen functional groups attached to an aromatic ring is 1. The quantitative estimate of drug-likeness (QED) is 0.393. The summed E-state index contributed by atoms with van der Waals surface area (Å²) in [5, 5.41) is 0. The molecule has 4 heteroatoms. The van der Waals surface area contributed by atoms with Crippen LogP contribution in [-0.2, 0) is 0 Å². The zero-order valence-electron chi connectivity index (χ0n) is 4.89. The number of aromatic nitrogens is 2. The van der Waals surface area contributed by atoms with Crippen LogP contribution in [-0.4, -0.2) is 9.97 Å². The van der Waals surface area contributed by atoms with Crippen molar-refractivity contribution in [2.45, 2.75) is 0 Å². The van der Waals surface area contributed by atoms with Gasteiger partial charge in [0.05, 0.1) is 6.20 Å². The van der Waals surface area contributed by atoms with Gasteiger partial charge in [-0.1, -0.05) is 6.58 Å². The van der Waals surface area contributed by atoms with Crippen molar-refractivity contribution in [3.63, 3.8) is 0 Å². The largest absolute Gasteiger partial charge is 0.324 e. The third-order valence-corrected chi connectivity index (χ3v) is 0.944. The average molecular weight is 124 g/mol. The summed E-state index contributed by atoms with van der Waals surface area (Å²) in [5.74, 6) is 6.46. The second-order valence-electron chi connectivity index (χ2n) is 1.53. The molecular weight excluding hydrogens is 116 g/mol. The van der Waals surface area contributed by atoms with Gasteiger partial charge in [-0.15, -0.1) is 0 Å². The SMILES string of the molecule is C=Cc1ncc(NN)[nH]1. The smallest absolute Gasteiger partial charge is 0.137 e. The molecule has 1 aromatic heterocycles. The van der Waals surface area contributed by atoms with Gasteiger partial charge in [-0.05, 0) is 6.08 Å². The molecule has 0 atom stereocenters. The molecule has 0 aliphatic carbocycles. The molecule has 4 nitrogen and oxygen atoms in total. The number of rotatable bonds is 2. The van der Waals surface area contributed by atoms with E-state index in [1.807, 2.05) is 0 Å². The molecule has 0 bridgehead atoms. The Labute approximate surface area is 52.8 Å². The molecule has 0 aromatic carbocycles. The summed E-state index contributed by atoms with van der Waals surface area (Å²) in [6.07, 6.45) is 3.21. The first-order valence-electron chi connectivity index (χ1n) is 2.51. The van der Waals surface area contributed by atoms with Crippen LogP contribution in [0.25, 0.3) is 6.08 Å². The summed E-state index contributed by atoms with van der Waals surface area (Å²) in [7, 11) is 0. The zero-order chi connectivity index (χ0) is 6.69. The van der Waals surface area contributed by atoms with Crippen LogP contribution in [0.3, 0.4) is 0 Å². The van der Waals surface area contributed by atoms with Crippen LogP contribution in [0, 0.1) is 0 Å². The molecular formula is C5H8N4. The van der Waals surface area contributed by atoms with E-state index in [2.05, 4.69) is 22.0 Å². The lowest BCUT2D eigenvalue weighted by Crippen LogP contribution is -2.06. The van der Waals surface area contributed by atoms with Gasteiger partial charge in [0.15, 0.2) is 0 Å². The Morgan fingerprint density at radius 2 is 2.67 bits per heavy atom. The molecule has 1 rings (SSSR count). The highest BCUT2D eigenvalue weighted by atomic mass is 15.3. The van der Waals surface area contributed by atoms with Gasteiger partial charge in [0.1, 0.15) is 11.6 Å². The number of nitrogens with one attached hydrogen (secondary N) is 2. The maximum Gasteiger partial charge on any atom is 0.137 e. The topological polar surface area (TPSA) is 66.7 Å². The van der Waals surface area contributed by atoms with E-state index in [0.29, 0.717) is 11.6 Å². The first-order valence-corrected chi connectivity index (χ1v) is 2.51. The van der Waals surface area contributed by atoms with E-state index in [4.69, 9.17) is 5.84 Å². The fourth-order valence-electron chi connectivity index (χ4n) is 0.514. The molecule has 0 spiro atoms. The number of nitrogens with two attached hydrogens (primary N) is 1. The number of H-pyrrole nitrogens is 1. The third-order valence-electron chi connectivity index (χ3n) is 0.944. The summed E-state index contributed by atoms with van der Waals surface area (Å²) < 4.78 is 0. The number of anilines is 1. The number of hydrazine groups is 1. The van der Waals surface area contributed by atoms with Crippen molar-refractivity contribution in [3.8, 4) is 0 Å². The molecule has 0 saturated heterocycles. The van der Waals surface area contributed by atoms with Gasteiger partial charge >= 0.3 is 0 Å². The number of hydrogen-bond acceptors (Lipinski definition) is 3. The van der Waals surface area contributed by atoms with Crippen molar-refractivity contribution < 1.29 is 0 Å². The molecule has 0 aliphatic heterocycles. The van der Waals surface area contributed by atoms with Crippen LogP contribution >= 0.6 is 0 Å². The maximum atomic E-state index is 5.06. The molecule has 0 unspecified atom stereocenters. The van der Waals surface area contributed by atoms with Crippen LogP contribution in [0.1, 0.15) is 5.82 Å². The standard InChI is InChI=1S/C5H8N4/c1-2-4-7-3-5(8-4)9-6/h2-3,9H,1,6H2,(H,7,8). The summed E-state index contributed by atoms with van der Waals surface area (Å²) in [6, 6.07) is 0. The minimum absolute atomic E-state index is 0.685. The van der Waals surface area contributed by atoms with E-state index in [1.54, 1.807) is 12.3 Å². The van der Waals surface area contributed by atoms with E-state index in [9.17, 15) is 0 Å². The highest BCUT2D eigenvalue weighted by Crippen LogP contribution is 2.00. The molecule has 0 amide bonds. The Hall–Kier alpha value is -1.29. The lowest BCUT2D eigenvalue weighted by Gasteiger charge is -1.88. The van der Waals surface area contributed by atoms with E-state index in [0.717, 1.165) is 0 Å². The highest BCUT2D eigenvalue weighted by molar-refractivity contribution is 5.42. The Morgan fingerprint density at radius 1 is 1.89 bits per heavy atom. The number of hydrogen-bond donors (Lipinski definition) is 3. The molecule has 0 saturated carbocycles. The van der Waals surface area contributed by atoms with E-state index in [1.165, 1.54) is 0 Å². The lowest BCUT2D eigenvalue weighted by atomic mass is 10.6. The average Bonchev–Trinajstić information content (AvgIpc) is 2.34. The van der Waals surface area contributed by atoms with Gasteiger partial charge in [0.2, 0.25) is 0 Å². The monoisotopic (exact) mass is 124 g/mol. The minimum Gasteiger partial charge on any atom is -0.324 e. The second kappa shape index (κ2) is 2.32. The molecule has 0 radical (unpaired) electrons. The minimum atomic E-state index is 0.685. The Kier molecular flexibility index (Phi) is 1.51. The van der Waals surface area contributed by atoms with Crippen molar-refractivity contribution in [1.29, 1.82) is 0 Å². The second-order valence-corrected chi connectivity index (χ2v) is 1.53. The summed E-state index contributed by atoms with van der Waals surface area (Å²) in [5.41, 5.74) is 2.42. The number of aromatic amines is 1. The van der Waals surface area contributed by atoms with Gasteiger partial charge in [-0.2, -0.15) is 0 Å². The first-order chi connectivity index (χ1) is 4.36. The summed E-state index contributed by atoms with van der Waals surface area (Å²) >= 11 is 0. The van der Waals surface area contributed by atoms with Crippen molar-refractivity contribution in [1.82, 2.24) is 9.97 Å². The van der Waals surface area contributed by atoms with E-state index in [-0.39, 0.29) is 0 Å². The molecule has 4 N–H and O–H groups in total. The fraction of sp³-hybridized carbons (Fsp3) is 0. The number of nitrogens with zero attached hydrogens (tertiary/aromatic N) is 1. The van der Waals surface area contributed by atoms with Crippen molar-refractivity contribution in [3.05, 3.63) is 18.6 Å². The first kappa shape index (κ1) is 5.84. The van der Waals surface area contributed by atoms with Crippen molar-refractivity contribution in [2.75, 3.05) is 5.43 Å². The van der Waals surface area contributed by atoms with Gasteiger partial charge in [-0.25, -0.2) is 10.8 Å². The summed E-state index contributed by atoms with van der Waals surface area (Å²) in [4.78, 5) is 6.74. The Balaban J connectivity index is 2.86. The van der Waals surface area contributed by atoms with Crippen LogP contribution in [0.5, 0.6) is 0 Å². The van der Waals surface area contributed by atoms with Crippen LogP contribution in [0.15, 0.2) is 12.8 Å². The molecule has 1 heterocycles. The Morgan fingerprint density at radius 3 is 3.00 bits per heavy atom. The van der Waals surface area contributed by atoms with Crippen molar-refractivity contribution in [2.24, 2.45) is 5.84 Å². The van der Waals surface area contributed by atoms with Crippen molar-refractivity contribution >= 4 is 11.9 Å². The molecule has 0 fully saturated rings. The predicted octanol–water partition coefficient (Wildman–Crippen LogP) is 0.338. The van der Waals surface area contributed by atoms with Gasteiger partial charge in [0, 0.05) is 0 Å². The zero-order valence-corrected chi connectivity index (χ0v) is 4.89. The van der Waals surface area contributed by atoms with E-state index < -0.39 is 0 Å². The fourth-order valence-corrected chi connectivity index (χ4v) is 0.514. The molecule has 9 heavy (non-hydrogen) atoms. The van der Waals surface area contributed by atoms with Gasteiger partial charge in [0.25, 0.3) is 0 Å². The van der Waals surface area contributed by atoms with Gasteiger partial charge < -0.3 is 10.4 Å². The molecule has 1 aromatic rings. The normalized spacial score (nSPS) is 9.00. The molecule has 0 aliphatic rings. The number of imidazole rings is 1.